The van der Waals surface area contributed by atoms with Crippen molar-refractivity contribution in [2.45, 2.75) is 25.4 Å². The van der Waals surface area contributed by atoms with Crippen molar-refractivity contribution < 1.29 is 4.79 Å². The molecule has 2 aliphatic heterocycles. The number of hydrazine groups is 1. The molecule has 0 aliphatic carbocycles. The van der Waals surface area contributed by atoms with E-state index in [9.17, 15) is 4.79 Å². The number of benzene rings is 2. The molecule has 2 saturated heterocycles. The first-order chi connectivity index (χ1) is 13.5. The summed E-state index contributed by atoms with van der Waals surface area (Å²) in [7, 11) is 0. The summed E-state index contributed by atoms with van der Waals surface area (Å²) in [6.07, 6.45) is 0.715. The van der Waals surface area contributed by atoms with Crippen molar-refractivity contribution in [1.29, 1.82) is 0 Å². The molecule has 2 atom stereocenters. The number of rotatable bonds is 3. The Kier molecular flexibility index (Phi) is 5.78. The lowest BCUT2D eigenvalue weighted by Gasteiger charge is -2.37. The Balaban J connectivity index is 1.35. The zero-order valence-corrected chi connectivity index (χ0v) is 17.3. The summed E-state index contributed by atoms with van der Waals surface area (Å²) in [5, 5.41) is 1.45. The average Bonchev–Trinajstić information content (AvgIpc) is 3.20. The molecule has 4 rings (SSSR count). The van der Waals surface area contributed by atoms with Gasteiger partial charge in [0.15, 0.2) is 0 Å². The fourth-order valence-corrected chi connectivity index (χ4v) is 4.34. The van der Waals surface area contributed by atoms with E-state index in [0.717, 1.165) is 29.4 Å². The number of carbonyl (C=O) groups excluding carboxylic acids is 1. The van der Waals surface area contributed by atoms with Gasteiger partial charge < -0.3 is 9.80 Å². The molecule has 1 amide bonds. The maximum Gasteiger partial charge on any atom is 0.241 e. The van der Waals surface area contributed by atoms with E-state index in [1.807, 2.05) is 47.4 Å². The van der Waals surface area contributed by atoms with Crippen LogP contribution in [0.1, 0.15) is 23.6 Å². The number of nitrogens with zero attached hydrogens (tertiary/aromatic N) is 2. The Morgan fingerprint density at radius 3 is 2.50 bits per heavy atom. The van der Waals surface area contributed by atoms with E-state index in [-0.39, 0.29) is 18.0 Å². The maximum absolute atomic E-state index is 13.0. The van der Waals surface area contributed by atoms with Gasteiger partial charge in [-0.1, -0.05) is 41.4 Å². The Hall–Kier alpha value is -1.79. The highest BCUT2D eigenvalue weighted by molar-refractivity contribution is 6.31. The molecule has 2 aromatic rings. The van der Waals surface area contributed by atoms with Crippen LogP contribution < -0.4 is 15.8 Å². The first kappa shape index (κ1) is 19.5. The second-order valence-corrected chi connectivity index (χ2v) is 8.30. The van der Waals surface area contributed by atoms with Crippen molar-refractivity contribution >= 4 is 34.8 Å². The molecule has 2 N–H and O–H groups in total. The number of anilines is 1. The molecular formula is C21H24Cl2N4O. The Morgan fingerprint density at radius 1 is 1.00 bits per heavy atom. The first-order valence-corrected chi connectivity index (χ1v) is 10.3. The van der Waals surface area contributed by atoms with Crippen molar-refractivity contribution in [3.05, 3.63) is 63.6 Å². The standard InChI is InChI=1S/C21H24Cl2N4O/c1-14-5-6-17(23)12-20(14)26-7-9-27(10-8-26)21(28)19-13-18(24-25-19)15-3-2-4-16(22)11-15/h2-6,11-12,18-19,24-25H,7-10,13H2,1H3. The van der Waals surface area contributed by atoms with Crippen molar-refractivity contribution in [2.75, 3.05) is 31.1 Å². The van der Waals surface area contributed by atoms with Crippen molar-refractivity contribution in [3.8, 4) is 0 Å². The molecular weight excluding hydrogens is 395 g/mol. The van der Waals surface area contributed by atoms with Crippen molar-refractivity contribution in [2.24, 2.45) is 0 Å². The zero-order chi connectivity index (χ0) is 19.7. The van der Waals surface area contributed by atoms with E-state index < -0.39 is 0 Å². The normalized spacial score (nSPS) is 22.5. The Morgan fingerprint density at radius 2 is 1.75 bits per heavy atom. The molecule has 0 bridgehead atoms. The molecule has 0 radical (unpaired) electrons. The van der Waals surface area contributed by atoms with Crippen molar-refractivity contribution in [1.82, 2.24) is 15.8 Å². The lowest BCUT2D eigenvalue weighted by molar-refractivity contribution is -0.133. The number of amides is 1. The van der Waals surface area contributed by atoms with Gasteiger partial charge in [-0.05, 0) is 48.7 Å². The van der Waals surface area contributed by atoms with E-state index in [4.69, 9.17) is 23.2 Å². The number of piperazine rings is 1. The fourth-order valence-electron chi connectivity index (χ4n) is 3.97. The van der Waals surface area contributed by atoms with Gasteiger partial charge >= 0.3 is 0 Å². The van der Waals surface area contributed by atoms with Crippen LogP contribution in [0.25, 0.3) is 0 Å². The maximum atomic E-state index is 13.0. The van der Waals surface area contributed by atoms with Crippen LogP contribution >= 0.6 is 23.2 Å². The van der Waals surface area contributed by atoms with Crippen LogP contribution in [0.3, 0.4) is 0 Å². The van der Waals surface area contributed by atoms with E-state index in [1.54, 1.807) is 0 Å². The summed E-state index contributed by atoms with van der Waals surface area (Å²) in [5.41, 5.74) is 9.86. The van der Waals surface area contributed by atoms with E-state index in [2.05, 4.69) is 22.7 Å². The summed E-state index contributed by atoms with van der Waals surface area (Å²) < 4.78 is 0. The predicted molar refractivity (Wildman–Crippen MR) is 114 cm³/mol. The van der Waals surface area contributed by atoms with E-state index in [0.29, 0.717) is 24.5 Å². The monoisotopic (exact) mass is 418 g/mol. The third-order valence-electron chi connectivity index (χ3n) is 5.56. The van der Waals surface area contributed by atoms with Crippen LogP contribution in [-0.4, -0.2) is 43.0 Å². The second-order valence-electron chi connectivity index (χ2n) is 7.43. The quantitative estimate of drug-likeness (QED) is 0.799. The summed E-state index contributed by atoms with van der Waals surface area (Å²) in [4.78, 5) is 17.2. The third-order valence-corrected chi connectivity index (χ3v) is 6.03. The summed E-state index contributed by atoms with van der Waals surface area (Å²) in [6, 6.07) is 13.6. The second kappa shape index (κ2) is 8.29. The van der Waals surface area contributed by atoms with Gasteiger partial charge in [0.25, 0.3) is 0 Å². The first-order valence-electron chi connectivity index (χ1n) is 9.57. The lowest BCUT2D eigenvalue weighted by atomic mass is 10.0. The smallest absolute Gasteiger partial charge is 0.241 e. The van der Waals surface area contributed by atoms with E-state index >= 15 is 0 Å². The van der Waals surface area contributed by atoms with Crippen LogP contribution in [0.15, 0.2) is 42.5 Å². The van der Waals surface area contributed by atoms with Crippen LogP contribution in [0.4, 0.5) is 5.69 Å². The van der Waals surface area contributed by atoms with Gasteiger partial charge in [0.1, 0.15) is 6.04 Å². The topological polar surface area (TPSA) is 47.6 Å². The zero-order valence-electron chi connectivity index (χ0n) is 15.8. The van der Waals surface area contributed by atoms with Crippen LogP contribution in [-0.2, 0) is 4.79 Å². The van der Waals surface area contributed by atoms with Gasteiger partial charge in [0.2, 0.25) is 5.91 Å². The Labute approximate surface area is 175 Å². The van der Waals surface area contributed by atoms with Crippen LogP contribution in [0.5, 0.6) is 0 Å². The van der Waals surface area contributed by atoms with Crippen molar-refractivity contribution in [3.63, 3.8) is 0 Å². The Bertz CT molecular complexity index is 867. The molecule has 2 fully saturated rings. The molecule has 148 valence electrons. The fraction of sp³-hybridized carbons (Fsp3) is 0.381. The molecule has 2 aromatic carbocycles. The highest BCUT2D eigenvalue weighted by Crippen LogP contribution is 2.27. The van der Waals surface area contributed by atoms with E-state index in [1.165, 1.54) is 5.56 Å². The molecule has 7 heteroatoms. The van der Waals surface area contributed by atoms with Gasteiger partial charge in [0, 0.05) is 48.0 Å². The van der Waals surface area contributed by atoms with Gasteiger partial charge in [-0.15, -0.1) is 0 Å². The summed E-state index contributed by atoms with van der Waals surface area (Å²) >= 11 is 12.3. The number of hydrogen-bond donors (Lipinski definition) is 2. The average molecular weight is 419 g/mol. The molecule has 28 heavy (non-hydrogen) atoms. The van der Waals surface area contributed by atoms with Gasteiger partial charge in [-0.3, -0.25) is 4.79 Å². The molecule has 0 saturated carbocycles. The molecule has 2 unspecified atom stereocenters. The predicted octanol–water partition coefficient (Wildman–Crippen LogP) is 3.56. The highest BCUT2D eigenvalue weighted by atomic mass is 35.5. The van der Waals surface area contributed by atoms with Crippen LogP contribution in [0, 0.1) is 6.92 Å². The molecule has 2 heterocycles. The number of halogens is 2. The number of nitrogens with one attached hydrogen (secondary N) is 2. The summed E-state index contributed by atoms with van der Waals surface area (Å²) in [5.74, 6) is 0.152. The summed E-state index contributed by atoms with van der Waals surface area (Å²) in [6.45, 7) is 5.14. The highest BCUT2D eigenvalue weighted by Gasteiger charge is 2.34. The lowest BCUT2D eigenvalue weighted by Crippen LogP contribution is -2.53. The molecule has 5 nitrogen and oxygen atoms in total. The minimum Gasteiger partial charge on any atom is -0.368 e. The van der Waals surface area contributed by atoms with Gasteiger partial charge in [-0.2, -0.15) is 0 Å². The minimum atomic E-state index is -0.219. The van der Waals surface area contributed by atoms with Crippen LogP contribution in [0.2, 0.25) is 10.0 Å². The number of hydrogen-bond acceptors (Lipinski definition) is 4. The molecule has 0 aromatic heterocycles. The minimum absolute atomic E-state index is 0.0862. The number of aryl methyl sites for hydroxylation is 1. The largest absolute Gasteiger partial charge is 0.368 e. The third kappa shape index (κ3) is 4.13. The molecule has 2 aliphatic rings. The van der Waals surface area contributed by atoms with Gasteiger partial charge in [-0.25, -0.2) is 10.9 Å². The molecule has 0 spiro atoms. The number of carbonyl (C=O) groups is 1. The SMILES string of the molecule is Cc1ccc(Cl)cc1N1CCN(C(=O)C2CC(c3cccc(Cl)c3)NN2)CC1. The van der Waals surface area contributed by atoms with Gasteiger partial charge in [0.05, 0.1) is 0 Å².